The molecule has 1 fully saturated rings. The molecule has 1 aromatic heterocycles. The maximum atomic E-state index is 11.8. The van der Waals surface area contributed by atoms with Crippen molar-refractivity contribution >= 4 is 5.91 Å². The summed E-state index contributed by atoms with van der Waals surface area (Å²) in [6.07, 6.45) is 3.64. The number of hydrogen-bond acceptors (Lipinski definition) is 4. The monoisotopic (exact) mass is 238 g/mol. The number of nitrogens with one attached hydrogen (secondary N) is 1. The van der Waals surface area contributed by atoms with E-state index in [4.69, 9.17) is 4.74 Å². The van der Waals surface area contributed by atoms with Crippen LogP contribution in [0, 0.1) is 0 Å². The van der Waals surface area contributed by atoms with E-state index in [0.29, 0.717) is 39.4 Å². The summed E-state index contributed by atoms with van der Waals surface area (Å²) >= 11 is 0. The number of nitrogens with zero attached hydrogens (tertiary/aromatic N) is 3. The number of imidazole rings is 1. The lowest BCUT2D eigenvalue weighted by Crippen LogP contribution is -2.44. The quantitative estimate of drug-likeness (QED) is 0.758. The molecule has 2 rings (SSSR count). The van der Waals surface area contributed by atoms with Gasteiger partial charge in [-0.05, 0) is 0 Å². The molecule has 0 bridgehead atoms. The fraction of sp³-hybridized carbons (Fsp3) is 0.636. The van der Waals surface area contributed by atoms with Crippen molar-refractivity contribution in [3.8, 4) is 0 Å². The van der Waals surface area contributed by atoms with E-state index in [-0.39, 0.29) is 5.91 Å². The van der Waals surface area contributed by atoms with Crippen LogP contribution in [-0.4, -0.2) is 53.2 Å². The Morgan fingerprint density at radius 1 is 1.53 bits per heavy atom. The van der Waals surface area contributed by atoms with Gasteiger partial charge < -0.3 is 19.5 Å². The average Bonchev–Trinajstić information content (AvgIpc) is 2.76. The van der Waals surface area contributed by atoms with E-state index >= 15 is 0 Å². The van der Waals surface area contributed by atoms with Crippen molar-refractivity contribution in [1.82, 2.24) is 19.8 Å². The summed E-state index contributed by atoms with van der Waals surface area (Å²) in [7, 11) is 1.94. The molecule has 6 nitrogen and oxygen atoms in total. The van der Waals surface area contributed by atoms with Crippen LogP contribution in [0.4, 0.5) is 0 Å². The van der Waals surface area contributed by atoms with E-state index in [9.17, 15) is 4.79 Å². The molecule has 2 heterocycles. The normalized spacial score (nSPS) is 16.2. The second kappa shape index (κ2) is 5.79. The smallest absolute Gasteiger partial charge is 0.236 e. The highest BCUT2D eigenvalue weighted by atomic mass is 16.5. The Hall–Kier alpha value is -1.40. The van der Waals surface area contributed by atoms with Gasteiger partial charge in [-0.2, -0.15) is 0 Å². The molecule has 0 spiro atoms. The first kappa shape index (κ1) is 12.1. The molecule has 0 unspecified atom stereocenters. The minimum Gasteiger partial charge on any atom is -0.378 e. The van der Waals surface area contributed by atoms with Crippen molar-refractivity contribution in [3.63, 3.8) is 0 Å². The van der Waals surface area contributed by atoms with Gasteiger partial charge in [-0.25, -0.2) is 4.98 Å². The van der Waals surface area contributed by atoms with Gasteiger partial charge in [-0.1, -0.05) is 0 Å². The third-order valence-corrected chi connectivity index (χ3v) is 2.84. The van der Waals surface area contributed by atoms with Gasteiger partial charge in [0.1, 0.15) is 5.82 Å². The number of hydrogen-bond donors (Lipinski definition) is 1. The average molecular weight is 238 g/mol. The van der Waals surface area contributed by atoms with Crippen LogP contribution in [0.3, 0.4) is 0 Å². The van der Waals surface area contributed by atoms with E-state index < -0.39 is 0 Å². The topological polar surface area (TPSA) is 59.4 Å². The van der Waals surface area contributed by atoms with Gasteiger partial charge >= 0.3 is 0 Å². The summed E-state index contributed by atoms with van der Waals surface area (Å²) < 4.78 is 7.14. The Morgan fingerprint density at radius 2 is 2.29 bits per heavy atom. The first-order valence-electron chi connectivity index (χ1n) is 5.80. The van der Waals surface area contributed by atoms with Gasteiger partial charge in [-0.15, -0.1) is 0 Å². The Balaban J connectivity index is 1.71. The molecule has 0 saturated carbocycles. The molecule has 6 heteroatoms. The van der Waals surface area contributed by atoms with Crippen LogP contribution in [0.15, 0.2) is 12.4 Å². The molecule has 0 aliphatic carbocycles. The van der Waals surface area contributed by atoms with E-state index in [1.54, 1.807) is 6.20 Å². The highest BCUT2D eigenvalue weighted by molar-refractivity contribution is 5.78. The number of aromatic nitrogens is 2. The number of carbonyl (C=O) groups excluding carboxylic acids is 1. The molecule has 17 heavy (non-hydrogen) atoms. The molecule has 1 N–H and O–H groups in total. The summed E-state index contributed by atoms with van der Waals surface area (Å²) in [4.78, 5) is 17.8. The van der Waals surface area contributed by atoms with Gasteiger partial charge in [0, 0.05) is 32.5 Å². The number of ether oxygens (including phenoxy) is 1. The van der Waals surface area contributed by atoms with Gasteiger partial charge in [0.25, 0.3) is 0 Å². The second-order valence-corrected chi connectivity index (χ2v) is 4.05. The Kier molecular flexibility index (Phi) is 4.11. The predicted molar refractivity (Wildman–Crippen MR) is 62.3 cm³/mol. The van der Waals surface area contributed by atoms with Crippen molar-refractivity contribution in [2.24, 2.45) is 7.05 Å². The second-order valence-electron chi connectivity index (χ2n) is 4.05. The molecule has 1 saturated heterocycles. The number of morpholine rings is 1. The van der Waals surface area contributed by atoms with Gasteiger partial charge in [0.15, 0.2) is 0 Å². The van der Waals surface area contributed by atoms with E-state index in [2.05, 4.69) is 10.3 Å². The van der Waals surface area contributed by atoms with Crippen LogP contribution in [0.25, 0.3) is 0 Å². The third-order valence-electron chi connectivity index (χ3n) is 2.84. The molecule has 1 aromatic rings. The molecule has 94 valence electrons. The Labute approximate surface area is 101 Å². The Morgan fingerprint density at radius 3 is 2.94 bits per heavy atom. The van der Waals surface area contributed by atoms with E-state index in [0.717, 1.165) is 5.82 Å². The highest BCUT2D eigenvalue weighted by Gasteiger charge is 2.16. The molecular formula is C11H18N4O2. The number of aryl methyl sites for hydroxylation is 1. The SMILES string of the molecule is Cn1ccnc1CNCC(=O)N1CCOCC1. The zero-order valence-corrected chi connectivity index (χ0v) is 10.1. The van der Waals surface area contributed by atoms with Crippen LogP contribution < -0.4 is 5.32 Å². The molecule has 0 atom stereocenters. The number of amides is 1. The zero-order chi connectivity index (χ0) is 12.1. The van der Waals surface area contributed by atoms with E-state index in [1.807, 2.05) is 22.7 Å². The third kappa shape index (κ3) is 3.28. The number of rotatable bonds is 4. The van der Waals surface area contributed by atoms with Crippen molar-refractivity contribution in [2.45, 2.75) is 6.54 Å². The van der Waals surface area contributed by atoms with Crippen LogP contribution in [0.5, 0.6) is 0 Å². The van der Waals surface area contributed by atoms with Gasteiger partial charge in [0.05, 0.1) is 26.3 Å². The standard InChI is InChI=1S/C11H18N4O2/c1-14-3-2-13-10(14)8-12-9-11(16)15-4-6-17-7-5-15/h2-3,12H,4-9H2,1H3. The molecule has 0 aromatic carbocycles. The summed E-state index contributed by atoms with van der Waals surface area (Å²) in [5, 5.41) is 3.11. The molecule has 1 aliphatic heterocycles. The maximum Gasteiger partial charge on any atom is 0.236 e. The van der Waals surface area contributed by atoms with Crippen LogP contribution >= 0.6 is 0 Å². The summed E-state index contributed by atoms with van der Waals surface area (Å²) in [6.45, 7) is 3.65. The summed E-state index contributed by atoms with van der Waals surface area (Å²) in [6, 6.07) is 0. The largest absolute Gasteiger partial charge is 0.378 e. The first-order valence-corrected chi connectivity index (χ1v) is 5.80. The highest BCUT2D eigenvalue weighted by Crippen LogP contribution is 1.97. The van der Waals surface area contributed by atoms with Crippen LogP contribution in [0.1, 0.15) is 5.82 Å². The molecule has 1 aliphatic rings. The van der Waals surface area contributed by atoms with Crippen molar-refractivity contribution in [2.75, 3.05) is 32.8 Å². The van der Waals surface area contributed by atoms with Crippen molar-refractivity contribution < 1.29 is 9.53 Å². The predicted octanol–water partition coefficient (Wildman–Crippen LogP) is -0.631. The van der Waals surface area contributed by atoms with Crippen LogP contribution in [-0.2, 0) is 23.1 Å². The van der Waals surface area contributed by atoms with Gasteiger partial charge in [-0.3, -0.25) is 4.79 Å². The minimum absolute atomic E-state index is 0.127. The molecule has 1 amide bonds. The summed E-state index contributed by atoms with van der Waals surface area (Å²) in [5.74, 6) is 1.06. The molecule has 0 radical (unpaired) electrons. The number of carbonyl (C=O) groups is 1. The zero-order valence-electron chi connectivity index (χ0n) is 10.1. The van der Waals surface area contributed by atoms with E-state index in [1.165, 1.54) is 0 Å². The van der Waals surface area contributed by atoms with Gasteiger partial charge in [0.2, 0.25) is 5.91 Å². The first-order chi connectivity index (χ1) is 8.27. The molecular weight excluding hydrogens is 220 g/mol. The van der Waals surface area contributed by atoms with Crippen molar-refractivity contribution in [1.29, 1.82) is 0 Å². The maximum absolute atomic E-state index is 11.8. The lowest BCUT2D eigenvalue weighted by Gasteiger charge is -2.26. The van der Waals surface area contributed by atoms with Crippen molar-refractivity contribution in [3.05, 3.63) is 18.2 Å². The fourth-order valence-corrected chi connectivity index (χ4v) is 1.77. The van der Waals surface area contributed by atoms with Crippen LogP contribution in [0.2, 0.25) is 0 Å². The Bertz CT molecular complexity index is 371. The lowest BCUT2D eigenvalue weighted by atomic mass is 10.4. The fourth-order valence-electron chi connectivity index (χ4n) is 1.77. The minimum atomic E-state index is 0.127. The summed E-state index contributed by atoms with van der Waals surface area (Å²) in [5.41, 5.74) is 0. The lowest BCUT2D eigenvalue weighted by molar-refractivity contribution is -0.134.